The highest BCUT2D eigenvalue weighted by molar-refractivity contribution is 7.15. The molecule has 6 heteroatoms. The molecule has 1 atom stereocenters. The first-order valence-electron chi connectivity index (χ1n) is 7.99. The molecule has 0 unspecified atom stereocenters. The highest BCUT2D eigenvalue weighted by atomic mass is 32.1. The van der Waals surface area contributed by atoms with Gasteiger partial charge in [-0.1, -0.05) is 11.3 Å². The normalized spacial score (nSPS) is 26.0. The van der Waals surface area contributed by atoms with Crippen LogP contribution in [-0.4, -0.2) is 41.5 Å². The number of hydrogen-bond acceptors (Lipinski definition) is 5. The third kappa shape index (κ3) is 3.23. The fraction of sp³-hybridized carbons (Fsp3) is 0.412. The quantitative estimate of drug-likeness (QED) is 0.937. The number of carbonyl (C=O) groups excluding carboxylic acids is 1. The Labute approximate surface area is 139 Å². The summed E-state index contributed by atoms with van der Waals surface area (Å²) in [5, 5.41) is 3.91. The summed E-state index contributed by atoms with van der Waals surface area (Å²) in [7, 11) is 0. The van der Waals surface area contributed by atoms with E-state index in [1.165, 1.54) is 37.3 Å². The second-order valence-electron chi connectivity index (χ2n) is 6.13. The first-order valence-corrected chi connectivity index (χ1v) is 8.80. The Morgan fingerprint density at radius 2 is 2.17 bits per heavy atom. The predicted molar refractivity (Wildman–Crippen MR) is 89.0 cm³/mol. The highest BCUT2D eigenvalue weighted by Crippen LogP contribution is 2.31. The molecule has 0 aliphatic carbocycles. The Hall–Kier alpha value is -1.92. The Balaban J connectivity index is 1.39. The summed E-state index contributed by atoms with van der Waals surface area (Å²) in [6, 6.07) is 7.62. The molecule has 0 radical (unpaired) electrons. The summed E-state index contributed by atoms with van der Waals surface area (Å²) < 4.78 is 5.72. The molecular formula is C17H19N3O2S. The van der Waals surface area contributed by atoms with Crippen LogP contribution >= 0.6 is 11.3 Å². The van der Waals surface area contributed by atoms with E-state index in [4.69, 9.17) is 4.74 Å². The van der Waals surface area contributed by atoms with Gasteiger partial charge >= 0.3 is 0 Å². The van der Waals surface area contributed by atoms with Crippen molar-refractivity contribution in [3.8, 4) is 10.8 Å². The number of ether oxygens (including phenoxy) is 1. The van der Waals surface area contributed by atoms with Gasteiger partial charge in [-0.15, -0.1) is 0 Å². The topological polar surface area (TPSA) is 54.5 Å². The number of piperidine rings is 3. The van der Waals surface area contributed by atoms with Crippen LogP contribution in [0.4, 0.5) is 0 Å². The minimum absolute atomic E-state index is 0.00906. The number of fused-ring (bicyclic) bond motifs is 3. The number of thiophene rings is 1. The van der Waals surface area contributed by atoms with Crippen molar-refractivity contribution in [1.29, 1.82) is 0 Å². The van der Waals surface area contributed by atoms with Crippen LogP contribution in [0.15, 0.2) is 36.7 Å². The first kappa shape index (κ1) is 14.7. The van der Waals surface area contributed by atoms with Crippen LogP contribution < -0.4 is 10.1 Å². The van der Waals surface area contributed by atoms with Crippen LogP contribution in [0.5, 0.6) is 10.8 Å². The lowest BCUT2D eigenvalue weighted by Crippen LogP contribution is -2.57. The molecule has 2 aromatic rings. The third-order valence-corrected chi connectivity index (χ3v) is 5.59. The van der Waals surface area contributed by atoms with E-state index in [1.54, 1.807) is 12.4 Å². The van der Waals surface area contributed by atoms with Crippen molar-refractivity contribution in [2.45, 2.75) is 18.9 Å². The van der Waals surface area contributed by atoms with E-state index in [1.807, 2.05) is 24.3 Å². The SMILES string of the molecule is O=C(N[C@H]1CN2CCC1CC2)c1ccc(Oc2cccnc2)s1. The van der Waals surface area contributed by atoms with Crippen molar-refractivity contribution in [1.82, 2.24) is 15.2 Å². The molecule has 5 heterocycles. The summed E-state index contributed by atoms with van der Waals surface area (Å²) >= 11 is 1.37. The van der Waals surface area contributed by atoms with E-state index in [2.05, 4.69) is 15.2 Å². The molecule has 1 N–H and O–H groups in total. The minimum Gasteiger partial charge on any atom is -0.445 e. The van der Waals surface area contributed by atoms with E-state index >= 15 is 0 Å². The number of nitrogens with one attached hydrogen (secondary N) is 1. The minimum atomic E-state index is 0.00906. The number of amides is 1. The second kappa shape index (κ2) is 6.29. The largest absolute Gasteiger partial charge is 0.445 e. The zero-order chi connectivity index (χ0) is 15.6. The molecule has 23 heavy (non-hydrogen) atoms. The fourth-order valence-corrected chi connectivity index (χ4v) is 4.17. The summed E-state index contributed by atoms with van der Waals surface area (Å²) in [6.45, 7) is 3.35. The zero-order valence-corrected chi connectivity index (χ0v) is 13.6. The van der Waals surface area contributed by atoms with Gasteiger partial charge in [0.15, 0.2) is 5.06 Å². The Bertz CT molecular complexity index is 680. The lowest BCUT2D eigenvalue weighted by molar-refractivity contribution is 0.0622. The molecule has 2 aromatic heterocycles. The molecule has 3 saturated heterocycles. The first-order chi connectivity index (χ1) is 11.3. The van der Waals surface area contributed by atoms with Crippen molar-refractivity contribution in [2.75, 3.05) is 19.6 Å². The summed E-state index contributed by atoms with van der Waals surface area (Å²) in [6.07, 6.45) is 5.76. The average Bonchev–Trinajstić information content (AvgIpc) is 3.05. The van der Waals surface area contributed by atoms with Crippen LogP contribution in [0.25, 0.3) is 0 Å². The van der Waals surface area contributed by atoms with Gasteiger partial charge in [0.2, 0.25) is 0 Å². The molecule has 1 amide bonds. The molecule has 5 rings (SSSR count). The second-order valence-corrected chi connectivity index (χ2v) is 7.17. The van der Waals surface area contributed by atoms with E-state index < -0.39 is 0 Å². The fourth-order valence-electron chi connectivity index (χ4n) is 3.39. The summed E-state index contributed by atoms with van der Waals surface area (Å²) in [4.78, 5) is 19.6. The van der Waals surface area contributed by atoms with Gasteiger partial charge < -0.3 is 15.0 Å². The number of pyridine rings is 1. The maximum absolute atomic E-state index is 12.5. The van der Waals surface area contributed by atoms with Crippen molar-refractivity contribution in [3.63, 3.8) is 0 Å². The molecule has 0 saturated carbocycles. The van der Waals surface area contributed by atoms with E-state index in [0.717, 1.165) is 6.54 Å². The smallest absolute Gasteiger partial charge is 0.261 e. The van der Waals surface area contributed by atoms with E-state index in [9.17, 15) is 4.79 Å². The molecular weight excluding hydrogens is 310 g/mol. The highest BCUT2D eigenvalue weighted by Gasteiger charge is 2.35. The number of rotatable bonds is 4. The lowest BCUT2D eigenvalue weighted by Gasteiger charge is -2.44. The molecule has 0 aromatic carbocycles. The Morgan fingerprint density at radius 1 is 1.30 bits per heavy atom. The Kier molecular flexibility index (Phi) is 4.01. The number of carbonyl (C=O) groups is 1. The van der Waals surface area contributed by atoms with Crippen LogP contribution in [0.2, 0.25) is 0 Å². The van der Waals surface area contributed by atoms with Gasteiger partial charge in [-0.2, -0.15) is 0 Å². The van der Waals surface area contributed by atoms with Gasteiger partial charge in [-0.25, -0.2) is 0 Å². The molecule has 3 aliphatic rings. The van der Waals surface area contributed by atoms with Crippen LogP contribution in [0, 0.1) is 5.92 Å². The van der Waals surface area contributed by atoms with Gasteiger partial charge in [-0.05, 0) is 56.1 Å². The maximum atomic E-state index is 12.5. The van der Waals surface area contributed by atoms with Crippen LogP contribution in [-0.2, 0) is 0 Å². The molecule has 3 aliphatic heterocycles. The van der Waals surface area contributed by atoms with Gasteiger partial charge in [0, 0.05) is 18.8 Å². The molecule has 120 valence electrons. The maximum Gasteiger partial charge on any atom is 0.261 e. The van der Waals surface area contributed by atoms with Crippen molar-refractivity contribution in [3.05, 3.63) is 41.5 Å². The molecule has 2 bridgehead atoms. The molecule has 5 nitrogen and oxygen atoms in total. The molecule has 3 fully saturated rings. The third-order valence-electron chi connectivity index (χ3n) is 4.63. The van der Waals surface area contributed by atoms with Gasteiger partial charge in [0.05, 0.1) is 11.1 Å². The van der Waals surface area contributed by atoms with Gasteiger partial charge in [0.25, 0.3) is 5.91 Å². The van der Waals surface area contributed by atoms with Crippen molar-refractivity contribution < 1.29 is 9.53 Å². The van der Waals surface area contributed by atoms with Crippen LogP contribution in [0.3, 0.4) is 0 Å². The number of aromatic nitrogens is 1. The standard InChI is InChI=1S/C17H19N3O2S/c21-17(19-14-11-20-8-5-12(14)6-9-20)15-3-4-16(23-15)22-13-2-1-7-18-10-13/h1-4,7,10,12,14H,5-6,8-9,11H2,(H,19,21)/t14-/m0/s1. The van der Waals surface area contributed by atoms with E-state index in [0.29, 0.717) is 21.6 Å². The monoisotopic (exact) mass is 329 g/mol. The lowest BCUT2D eigenvalue weighted by atomic mass is 9.84. The van der Waals surface area contributed by atoms with E-state index in [-0.39, 0.29) is 11.9 Å². The molecule has 0 spiro atoms. The predicted octanol–water partition coefficient (Wildman–Crippen LogP) is 2.76. The number of nitrogens with zero attached hydrogens (tertiary/aromatic N) is 2. The van der Waals surface area contributed by atoms with Crippen molar-refractivity contribution in [2.24, 2.45) is 5.92 Å². The van der Waals surface area contributed by atoms with Crippen molar-refractivity contribution >= 4 is 17.2 Å². The average molecular weight is 329 g/mol. The van der Waals surface area contributed by atoms with Crippen LogP contribution in [0.1, 0.15) is 22.5 Å². The van der Waals surface area contributed by atoms with Gasteiger partial charge in [-0.3, -0.25) is 9.78 Å². The Morgan fingerprint density at radius 3 is 2.87 bits per heavy atom. The zero-order valence-electron chi connectivity index (χ0n) is 12.8. The number of hydrogen-bond donors (Lipinski definition) is 1. The van der Waals surface area contributed by atoms with Gasteiger partial charge in [0.1, 0.15) is 5.75 Å². The summed E-state index contributed by atoms with van der Waals surface area (Å²) in [5.41, 5.74) is 0. The summed E-state index contributed by atoms with van der Waals surface area (Å²) in [5.74, 6) is 1.32.